The highest BCUT2D eigenvalue weighted by molar-refractivity contribution is 6.04. The van der Waals surface area contributed by atoms with Gasteiger partial charge in [0.15, 0.2) is 5.41 Å². The Morgan fingerprint density at radius 3 is 2.58 bits per heavy atom. The smallest absolute Gasteiger partial charge is 0.325 e. The molecule has 1 fully saturated rings. The lowest BCUT2D eigenvalue weighted by Crippen LogP contribution is -2.40. The lowest BCUT2D eigenvalue weighted by molar-refractivity contribution is -0.163. The zero-order chi connectivity index (χ0) is 16.9. The summed E-state index contributed by atoms with van der Waals surface area (Å²) in [5.74, 6) is -1.35. The molecule has 0 bridgehead atoms. The largest absolute Gasteiger partial charge is 0.468 e. The third-order valence-corrected chi connectivity index (χ3v) is 5.25. The van der Waals surface area contributed by atoms with Crippen molar-refractivity contribution in [3.63, 3.8) is 0 Å². The number of fused-ring (bicyclic) bond motifs is 3. The highest BCUT2D eigenvalue weighted by Gasteiger charge is 2.67. The van der Waals surface area contributed by atoms with Gasteiger partial charge in [0.1, 0.15) is 6.10 Å². The molecule has 1 saturated heterocycles. The number of carbonyl (C=O) groups excluding carboxylic acids is 2. The van der Waals surface area contributed by atoms with Gasteiger partial charge in [0.2, 0.25) is 0 Å². The van der Waals surface area contributed by atoms with Crippen LogP contribution in [0.25, 0.3) is 0 Å². The average Bonchev–Trinajstić information content (AvgIpc) is 3.09. The van der Waals surface area contributed by atoms with Crippen LogP contribution in [-0.4, -0.2) is 19.0 Å². The lowest BCUT2D eigenvalue weighted by Gasteiger charge is -2.23. The van der Waals surface area contributed by atoms with Crippen molar-refractivity contribution in [2.45, 2.75) is 25.4 Å². The molecule has 0 unspecified atom stereocenters. The first kappa shape index (κ1) is 14.9. The van der Waals surface area contributed by atoms with E-state index in [1.807, 2.05) is 55.5 Å². The van der Waals surface area contributed by atoms with Crippen molar-refractivity contribution in [3.8, 4) is 0 Å². The van der Waals surface area contributed by atoms with Gasteiger partial charge in [0, 0.05) is 6.42 Å². The Kier molecular flexibility index (Phi) is 3.23. The van der Waals surface area contributed by atoms with Crippen molar-refractivity contribution in [2.24, 2.45) is 5.41 Å². The number of methoxy groups -OCH3 is 1. The summed E-state index contributed by atoms with van der Waals surface area (Å²) < 4.78 is 10.7. The highest BCUT2D eigenvalue weighted by atomic mass is 16.6. The molecule has 0 spiro atoms. The zero-order valence-electron chi connectivity index (χ0n) is 13.6. The number of ether oxygens (including phenoxy) is 2. The normalized spacial score (nSPS) is 27.3. The zero-order valence-corrected chi connectivity index (χ0v) is 13.6. The van der Waals surface area contributed by atoms with Crippen LogP contribution in [0.1, 0.15) is 34.3 Å². The molecule has 0 saturated carbocycles. The van der Waals surface area contributed by atoms with Gasteiger partial charge in [-0.15, -0.1) is 0 Å². The Labute approximate surface area is 140 Å². The van der Waals surface area contributed by atoms with Crippen molar-refractivity contribution < 1.29 is 19.1 Å². The molecule has 122 valence electrons. The van der Waals surface area contributed by atoms with Crippen molar-refractivity contribution >= 4 is 11.9 Å². The quantitative estimate of drug-likeness (QED) is 0.630. The molecule has 2 aromatic rings. The van der Waals surface area contributed by atoms with Crippen LogP contribution in [0.3, 0.4) is 0 Å². The van der Waals surface area contributed by atoms with Crippen molar-refractivity contribution in [1.29, 1.82) is 0 Å². The summed E-state index contributed by atoms with van der Waals surface area (Å²) in [5.41, 5.74) is 2.78. The van der Waals surface area contributed by atoms with Gasteiger partial charge in [-0.05, 0) is 23.6 Å². The summed E-state index contributed by atoms with van der Waals surface area (Å²) in [7, 11) is 1.32. The van der Waals surface area contributed by atoms with Gasteiger partial charge in [0.05, 0.1) is 13.0 Å². The molecule has 0 amide bonds. The van der Waals surface area contributed by atoms with Crippen molar-refractivity contribution in [1.82, 2.24) is 0 Å². The maximum absolute atomic E-state index is 12.8. The molecule has 1 aliphatic carbocycles. The molecule has 4 nitrogen and oxygen atoms in total. The van der Waals surface area contributed by atoms with E-state index in [0.717, 1.165) is 22.3 Å². The van der Waals surface area contributed by atoms with Gasteiger partial charge < -0.3 is 9.47 Å². The fourth-order valence-corrected chi connectivity index (χ4v) is 4.06. The first-order valence-electron chi connectivity index (χ1n) is 8.02. The standard InChI is InChI=1S/C20H18O4/c1-12-7-9-13(10-8-12)17-16-15-6-4-3-5-14(15)11-20(16,18(21)23-2)19(22)24-17/h3-10,16-17H,11H2,1-2H3/t16-,17+,20-/m0/s1. The van der Waals surface area contributed by atoms with Crippen LogP contribution < -0.4 is 0 Å². The first-order chi connectivity index (χ1) is 11.6. The van der Waals surface area contributed by atoms with E-state index in [1.165, 1.54) is 7.11 Å². The average molecular weight is 322 g/mol. The second kappa shape index (κ2) is 5.20. The summed E-state index contributed by atoms with van der Waals surface area (Å²) in [6, 6.07) is 15.7. The van der Waals surface area contributed by atoms with E-state index in [2.05, 4.69) is 0 Å². The molecule has 0 N–H and O–H groups in total. The third kappa shape index (κ3) is 1.86. The fraction of sp³-hybridized carbons (Fsp3) is 0.300. The Balaban J connectivity index is 1.89. The number of esters is 2. The van der Waals surface area contributed by atoms with Crippen LogP contribution in [-0.2, 0) is 25.5 Å². The SMILES string of the molecule is COC(=O)[C@]12Cc3ccccc3[C@H]1[C@@H](c1ccc(C)cc1)OC2=O. The van der Waals surface area contributed by atoms with Crippen molar-refractivity contribution in [3.05, 3.63) is 70.8 Å². The molecule has 0 aromatic heterocycles. The monoisotopic (exact) mass is 322 g/mol. The van der Waals surface area contributed by atoms with E-state index in [1.54, 1.807) is 0 Å². The molecule has 1 heterocycles. The molecule has 0 radical (unpaired) electrons. The summed E-state index contributed by atoms with van der Waals surface area (Å²) in [5, 5.41) is 0. The summed E-state index contributed by atoms with van der Waals surface area (Å²) in [6.07, 6.45) is -0.136. The summed E-state index contributed by atoms with van der Waals surface area (Å²) >= 11 is 0. The van der Waals surface area contributed by atoms with Gasteiger partial charge in [0.25, 0.3) is 0 Å². The van der Waals surface area contributed by atoms with Crippen LogP contribution >= 0.6 is 0 Å². The number of benzene rings is 2. The van der Waals surface area contributed by atoms with Gasteiger partial charge in [-0.3, -0.25) is 9.59 Å². The highest BCUT2D eigenvalue weighted by Crippen LogP contribution is 2.60. The van der Waals surface area contributed by atoms with Crippen LogP contribution in [0.2, 0.25) is 0 Å². The number of hydrogen-bond acceptors (Lipinski definition) is 4. The second-order valence-corrected chi connectivity index (χ2v) is 6.55. The van der Waals surface area contributed by atoms with Crippen LogP contribution in [0.15, 0.2) is 48.5 Å². The number of carbonyl (C=O) groups is 2. The van der Waals surface area contributed by atoms with E-state index in [-0.39, 0.29) is 5.92 Å². The topological polar surface area (TPSA) is 52.6 Å². The number of cyclic esters (lactones) is 1. The van der Waals surface area contributed by atoms with Gasteiger partial charge in [-0.1, -0.05) is 54.1 Å². The van der Waals surface area contributed by atoms with E-state index in [9.17, 15) is 9.59 Å². The molecule has 3 atom stereocenters. The van der Waals surface area contributed by atoms with E-state index >= 15 is 0 Å². The Morgan fingerprint density at radius 1 is 1.17 bits per heavy atom. The van der Waals surface area contributed by atoms with Crippen molar-refractivity contribution in [2.75, 3.05) is 7.11 Å². The van der Waals surface area contributed by atoms with E-state index < -0.39 is 23.5 Å². The Hall–Kier alpha value is -2.62. The maximum Gasteiger partial charge on any atom is 0.325 e. The Morgan fingerprint density at radius 2 is 1.88 bits per heavy atom. The van der Waals surface area contributed by atoms with Gasteiger partial charge >= 0.3 is 11.9 Å². The first-order valence-corrected chi connectivity index (χ1v) is 8.02. The molecule has 2 aliphatic rings. The van der Waals surface area contributed by atoms with Gasteiger partial charge in [-0.2, -0.15) is 0 Å². The minimum atomic E-state index is -1.27. The van der Waals surface area contributed by atoms with Crippen LogP contribution in [0.4, 0.5) is 0 Å². The molecule has 24 heavy (non-hydrogen) atoms. The minimum Gasteiger partial charge on any atom is -0.468 e. The second-order valence-electron chi connectivity index (χ2n) is 6.55. The third-order valence-electron chi connectivity index (χ3n) is 5.25. The number of hydrogen-bond donors (Lipinski definition) is 0. The molecule has 1 aliphatic heterocycles. The molecule has 4 heteroatoms. The predicted octanol–water partition coefficient (Wildman–Crippen LogP) is 3.09. The molecular formula is C20H18O4. The minimum absolute atomic E-state index is 0.335. The Bertz CT molecular complexity index is 824. The summed E-state index contributed by atoms with van der Waals surface area (Å²) in [6.45, 7) is 2.01. The summed E-state index contributed by atoms with van der Waals surface area (Å²) in [4.78, 5) is 25.4. The van der Waals surface area contributed by atoms with E-state index in [4.69, 9.17) is 9.47 Å². The van der Waals surface area contributed by atoms with Crippen LogP contribution in [0.5, 0.6) is 0 Å². The molecule has 2 aromatic carbocycles. The maximum atomic E-state index is 12.8. The lowest BCUT2D eigenvalue weighted by atomic mass is 9.74. The predicted molar refractivity (Wildman–Crippen MR) is 87.3 cm³/mol. The number of aryl methyl sites for hydroxylation is 1. The fourth-order valence-electron chi connectivity index (χ4n) is 4.06. The van der Waals surface area contributed by atoms with Gasteiger partial charge in [-0.25, -0.2) is 0 Å². The van der Waals surface area contributed by atoms with Crippen LogP contribution in [0, 0.1) is 12.3 Å². The number of rotatable bonds is 2. The van der Waals surface area contributed by atoms with E-state index in [0.29, 0.717) is 6.42 Å². The molecular weight excluding hydrogens is 304 g/mol. The molecule has 4 rings (SSSR count).